The number of hydrogen-bond donors (Lipinski definition) is 0. The maximum absolute atomic E-state index is 12.9. The lowest BCUT2D eigenvalue weighted by Gasteiger charge is -2.32. The summed E-state index contributed by atoms with van der Waals surface area (Å²) in [5.74, 6) is 0.426. The van der Waals surface area contributed by atoms with E-state index in [2.05, 4.69) is 12.1 Å². The highest BCUT2D eigenvalue weighted by molar-refractivity contribution is 7.89. The van der Waals surface area contributed by atoms with Crippen molar-refractivity contribution in [1.29, 1.82) is 0 Å². The maximum Gasteiger partial charge on any atom is 0.253 e. The standard InChI is InChI=1S/C25H32N2O4S/c28-25(23-9-11-24(12-10-23)32(29,30)27-15-5-2-6-16-27)26-17-13-22(14-18-26)20-31-19-21-7-3-1-4-8-21/h1,3-4,7-12,22H,2,5-6,13-20H2. The van der Waals surface area contributed by atoms with E-state index in [4.69, 9.17) is 4.74 Å². The second-order valence-corrected chi connectivity index (χ2v) is 10.7. The molecule has 2 aliphatic rings. The van der Waals surface area contributed by atoms with Crippen LogP contribution in [0.25, 0.3) is 0 Å². The lowest BCUT2D eigenvalue weighted by Crippen LogP contribution is -2.39. The van der Waals surface area contributed by atoms with Crippen LogP contribution >= 0.6 is 0 Å². The minimum absolute atomic E-state index is 0.0319. The molecule has 32 heavy (non-hydrogen) atoms. The van der Waals surface area contributed by atoms with Crippen molar-refractivity contribution in [3.63, 3.8) is 0 Å². The smallest absolute Gasteiger partial charge is 0.253 e. The molecule has 172 valence electrons. The van der Waals surface area contributed by atoms with Crippen LogP contribution in [-0.4, -0.2) is 56.3 Å². The third kappa shape index (κ3) is 5.57. The van der Waals surface area contributed by atoms with Crippen molar-refractivity contribution < 1.29 is 17.9 Å². The van der Waals surface area contributed by atoms with Gasteiger partial charge in [-0.15, -0.1) is 0 Å². The van der Waals surface area contributed by atoms with Crippen molar-refractivity contribution in [2.45, 2.75) is 43.6 Å². The Labute approximate surface area is 191 Å². The Morgan fingerprint density at radius 1 is 0.875 bits per heavy atom. The molecule has 2 aromatic rings. The molecule has 1 amide bonds. The molecule has 0 radical (unpaired) electrons. The molecule has 4 rings (SSSR count). The number of amides is 1. The Balaban J connectivity index is 1.26. The fourth-order valence-corrected chi connectivity index (χ4v) is 5.94. The van der Waals surface area contributed by atoms with Gasteiger partial charge in [-0.25, -0.2) is 8.42 Å². The predicted octanol–water partition coefficient (Wildman–Crippen LogP) is 3.93. The summed E-state index contributed by atoms with van der Waals surface area (Å²) < 4.78 is 33.0. The summed E-state index contributed by atoms with van der Waals surface area (Å²) in [5.41, 5.74) is 1.72. The molecular formula is C25H32N2O4S. The summed E-state index contributed by atoms with van der Waals surface area (Å²) in [6.45, 7) is 3.88. The van der Waals surface area contributed by atoms with E-state index in [-0.39, 0.29) is 10.8 Å². The zero-order valence-electron chi connectivity index (χ0n) is 18.5. The summed E-state index contributed by atoms with van der Waals surface area (Å²) in [6.07, 6.45) is 4.73. The van der Waals surface area contributed by atoms with Crippen LogP contribution < -0.4 is 0 Å². The van der Waals surface area contributed by atoms with Gasteiger partial charge in [0.1, 0.15) is 0 Å². The van der Waals surface area contributed by atoms with E-state index < -0.39 is 10.0 Å². The van der Waals surface area contributed by atoms with Crippen molar-refractivity contribution in [2.24, 2.45) is 5.92 Å². The van der Waals surface area contributed by atoms with E-state index >= 15 is 0 Å². The Kier molecular flexibility index (Phi) is 7.60. The first-order chi connectivity index (χ1) is 15.5. The number of benzene rings is 2. The van der Waals surface area contributed by atoms with Gasteiger partial charge in [-0.3, -0.25) is 4.79 Å². The SMILES string of the molecule is O=C(c1ccc(S(=O)(=O)N2CCCCC2)cc1)N1CCC(COCc2ccccc2)CC1. The van der Waals surface area contributed by atoms with Gasteiger partial charge in [0.2, 0.25) is 10.0 Å². The van der Waals surface area contributed by atoms with Gasteiger partial charge in [0.25, 0.3) is 5.91 Å². The average molecular weight is 457 g/mol. The van der Waals surface area contributed by atoms with Gasteiger partial charge in [-0.1, -0.05) is 36.8 Å². The van der Waals surface area contributed by atoms with Crippen LogP contribution in [0.5, 0.6) is 0 Å². The average Bonchev–Trinajstić information content (AvgIpc) is 2.85. The fourth-order valence-electron chi connectivity index (χ4n) is 4.43. The van der Waals surface area contributed by atoms with Gasteiger partial charge < -0.3 is 9.64 Å². The highest BCUT2D eigenvalue weighted by atomic mass is 32.2. The first-order valence-electron chi connectivity index (χ1n) is 11.6. The Bertz CT molecular complexity index is 978. The number of carbonyl (C=O) groups is 1. The van der Waals surface area contributed by atoms with Crippen LogP contribution in [0.4, 0.5) is 0 Å². The van der Waals surface area contributed by atoms with Gasteiger partial charge in [0, 0.05) is 38.3 Å². The van der Waals surface area contributed by atoms with Crippen molar-refractivity contribution in [3.05, 3.63) is 65.7 Å². The number of nitrogens with zero attached hydrogens (tertiary/aromatic N) is 2. The van der Waals surface area contributed by atoms with Crippen molar-refractivity contribution in [2.75, 3.05) is 32.8 Å². The number of piperidine rings is 2. The topological polar surface area (TPSA) is 66.9 Å². The molecule has 0 atom stereocenters. The van der Waals surface area contributed by atoms with Crippen molar-refractivity contribution in [3.8, 4) is 0 Å². The summed E-state index contributed by atoms with van der Waals surface area (Å²) >= 11 is 0. The highest BCUT2D eigenvalue weighted by Crippen LogP contribution is 2.23. The molecule has 0 N–H and O–H groups in total. The molecule has 2 heterocycles. The monoisotopic (exact) mass is 456 g/mol. The summed E-state index contributed by atoms with van der Waals surface area (Å²) in [7, 11) is -3.47. The molecule has 0 saturated carbocycles. The zero-order chi connectivity index (χ0) is 22.4. The molecular weight excluding hydrogens is 424 g/mol. The van der Waals surface area contributed by atoms with Crippen LogP contribution in [-0.2, 0) is 21.4 Å². The third-order valence-corrected chi connectivity index (χ3v) is 8.33. The van der Waals surface area contributed by atoms with Gasteiger partial charge in [0.05, 0.1) is 11.5 Å². The van der Waals surface area contributed by atoms with Crippen molar-refractivity contribution in [1.82, 2.24) is 9.21 Å². The lowest BCUT2D eigenvalue weighted by molar-refractivity contribution is 0.0478. The molecule has 0 aliphatic carbocycles. The largest absolute Gasteiger partial charge is 0.376 e. The Morgan fingerprint density at radius 3 is 2.19 bits per heavy atom. The number of hydrogen-bond acceptors (Lipinski definition) is 4. The maximum atomic E-state index is 12.9. The van der Waals surface area contributed by atoms with Gasteiger partial charge in [-0.05, 0) is 61.4 Å². The normalized spacial score (nSPS) is 18.6. The first kappa shape index (κ1) is 23.0. The molecule has 0 unspecified atom stereocenters. The first-order valence-corrected chi connectivity index (χ1v) is 13.0. The number of ether oxygens (including phenoxy) is 1. The molecule has 0 spiro atoms. The summed E-state index contributed by atoms with van der Waals surface area (Å²) in [4.78, 5) is 15.0. The second-order valence-electron chi connectivity index (χ2n) is 8.73. The van der Waals surface area contributed by atoms with Crippen LogP contribution in [0.3, 0.4) is 0 Å². The molecule has 2 fully saturated rings. The van der Waals surface area contributed by atoms with Crippen LogP contribution in [0, 0.1) is 5.92 Å². The van der Waals surface area contributed by atoms with Crippen LogP contribution in [0.2, 0.25) is 0 Å². The second kappa shape index (κ2) is 10.6. The molecule has 2 aromatic carbocycles. The quantitative estimate of drug-likeness (QED) is 0.633. The molecule has 7 heteroatoms. The number of likely N-dealkylation sites (tertiary alicyclic amines) is 1. The third-order valence-electron chi connectivity index (χ3n) is 6.42. The zero-order valence-corrected chi connectivity index (χ0v) is 19.3. The van der Waals surface area contributed by atoms with Gasteiger partial charge in [0.15, 0.2) is 0 Å². The highest BCUT2D eigenvalue weighted by Gasteiger charge is 2.27. The minimum Gasteiger partial charge on any atom is -0.376 e. The molecule has 0 bridgehead atoms. The molecule has 2 aliphatic heterocycles. The number of rotatable bonds is 7. The van der Waals surface area contributed by atoms with Crippen molar-refractivity contribution >= 4 is 15.9 Å². The summed E-state index contributed by atoms with van der Waals surface area (Å²) in [6, 6.07) is 16.6. The van der Waals surface area contributed by atoms with E-state index in [1.165, 1.54) is 5.56 Å². The molecule has 6 nitrogen and oxygen atoms in total. The number of sulfonamides is 1. The fraction of sp³-hybridized carbons (Fsp3) is 0.480. The molecule has 0 aromatic heterocycles. The van der Waals surface area contributed by atoms with Gasteiger partial charge in [-0.2, -0.15) is 4.31 Å². The minimum atomic E-state index is -3.47. The van der Waals surface area contributed by atoms with E-state index in [0.29, 0.717) is 50.9 Å². The van der Waals surface area contributed by atoms with E-state index in [9.17, 15) is 13.2 Å². The van der Waals surface area contributed by atoms with E-state index in [0.717, 1.165) is 32.1 Å². The van der Waals surface area contributed by atoms with E-state index in [1.807, 2.05) is 23.1 Å². The number of carbonyl (C=O) groups excluding carboxylic acids is 1. The lowest BCUT2D eigenvalue weighted by atomic mass is 9.97. The van der Waals surface area contributed by atoms with Gasteiger partial charge >= 0.3 is 0 Å². The molecule has 2 saturated heterocycles. The predicted molar refractivity (Wildman–Crippen MR) is 124 cm³/mol. The van der Waals surface area contributed by atoms with Crippen LogP contribution in [0.15, 0.2) is 59.5 Å². The summed E-state index contributed by atoms with van der Waals surface area (Å²) in [5, 5.41) is 0. The van der Waals surface area contributed by atoms with Crippen LogP contribution in [0.1, 0.15) is 48.0 Å². The van der Waals surface area contributed by atoms with E-state index in [1.54, 1.807) is 28.6 Å². The Morgan fingerprint density at radius 2 is 1.53 bits per heavy atom. The Hall–Kier alpha value is -2.22.